The van der Waals surface area contributed by atoms with Crippen LogP contribution in [0.5, 0.6) is 0 Å². The monoisotopic (exact) mass is 253 g/mol. The van der Waals surface area contributed by atoms with Crippen LogP contribution in [0, 0.1) is 11.8 Å². The second-order valence-corrected chi connectivity index (χ2v) is 6.14. The summed E-state index contributed by atoms with van der Waals surface area (Å²) in [6, 6.07) is 0. The quantitative estimate of drug-likeness (QED) is 0.769. The number of nitrogens with one attached hydrogen (secondary N) is 1. The Morgan fingerprint density at radius 3 is 2.39 bits per heavy atom. The Balaban J connectivity index is 3.04. The summed E-state index contributed by atoms with van der Waals surface area (Å²) in [6.07, 6.45) is 0.351. The molecule has 0 aliphatic carbocycles. The van der Waals surface area contributed by atoms with Crippen molar-refractivity contribution < 1.29 is 14.3 Å². The van der Waals surface area contributed by atoms with E-state index in [0.29, 0.717) is 17.7 Å². The van der Waals surface area contributed by atoms with E-state index in [2.05, 4.69) is 5.32 Å². The van der Waals surface area contributed by atoms with E-state index in [1.165, 1.54) is 0 Å². The van der Waals surface area contributed by atoms with Gasteiger partial charge in [0.05, 0.1) is 5.57 Å². The molecule has 4 nitrogen and oxygen atoms in total. The van der Waals surface area contributed by atoms with Crippen LogP contribution in [0.2, 0.25) is 0 Å². The van der Waals surface area contributed by atoms with Crippen molar-refractivity contribution in [3.05, 3.63) is 11.3 Å². The van der Waals surface area contributed by atoms with Crippen molar-refractivity contribution in [1.29, 1.82) is 0 Å². The number of rotatable bonds is 2. The topological polar surface area (TPSA) is 55.4 Å². The van der Waals surface area contributed by atoms with Crippen molar-refractivity contribution in [3.8, 4) is 0 Å². The van der Waals surface area contributed by atoms with Crippen molar-refractivity contribution in [3.63, 3.8) is 0 Å². The van der Waals surface area contributed by atoms with Crippen molar-refractivity contribution >= 4 is 11.9 Å². The molecule has 0 bridgehead atoms. The molecule has 102 valence electrons. The summed E-state index contributed by atoms with van der Waals surface area (Å²) in [7, 11) is 0. The van der Waals surface area contributed by atoms with E-state index in [-0.39, 0.29) is 23.7 Å². The van der Waals surface area contributed by atoms with Crippen molar-refractivity contribution in [2.24, 2.45) is 11.8 Å². The van der Waals surface area contributed by atoms with Crippen molar-refractivity contribution in [2.75, 3.05) is 0 Å². The number of amides is 1. The Morgan fingerprint density at radius 2 is 1.94 bits per heavy atom. The van der Waals surface area contributed by atoms with Gasteiger partial charge in [0.2, 0.25) is 5.91 Å². The summed E-state index contributed by atoms with van der Waals surface area (Å²) < 4.78 is 5.42. The first kappa shape index (κ1) is 14.7. The van der Waals surface area contributed by atoms with Crippen LogP contribution in [0.1, 0.15) is 48.0 Å². The molecule has 18 heavy (non-hydrogen) atoms. The number of ether oxygens (including phenoxy) is 1. The maximum atomic E-state index is 12.2. The molecular formula is C14H23NO3. The van der Waals surface area contributed by atoms with Crippen molar-refractivity contribution in [2.45, 2.75) is 53.6 Å². The number of hydrogen-bond donors (Lipinski definition) is 1. The van der Waals surface area contributed by atoms with Crippen LogP contribution in [-0.4, -0.2) is 17.5 Å². The number of carbonyl (C=O) groups excluding carboxylic acids is 2. The molecule has 4 heteroatoms. The lowest BCUT2D eigenvalue weighted by atomic mass is 9.82. The molecule has 0 spiro atoms. The summed E-state index contributed by atoms with van der Waals surface area (Å²) in [6.45, 7) is 11.3. The van der Waals surface area contributed by atoms with Crippen LogP contribution >= 0.6 is 0 Å². The molecule has 1 N–H and O–H groups in total. The summed E-state index contributed by atoms with van der Waals surface area (Å²) in [5.41, 5.74) is 0.714. The molecule has 0 unspecified atom stereocenters. The van der Waals surface area contributed by atoms with Crippen LogP contribution < -0.4 is 5.32 Å². The second-order valence-electron chi connectivity index (χ2n) is 6.14. The minimum atomic E-state index is -0.520. The van der Waals surface area contributed by atoms with Gasteiger partial charge in [0.15, 0.2) is 0 Å². The Hall–Kier alpha value is -1.32. The third-order valence-electron chi connectivity index (χ3n) is 2.93. The highest BCUT2D eigenvalue weighted by atomic mass is 16.6. The predicted octanol–water partition coefficient (Wildman–Crippen LogP) is 2.39. The molecule has 0 aromatic rings. The Labute approximate surface area is 109 Å². The van der Waals surface area contributed by atoms with E-state index in [4.69, 9.17) is 4.74 Å². The summed E-state index contributed by atoms with van der Waals surface area (Å²) in [4.78, 5) is 23.8. The predicted molar refractivity (Wildman–Crippen MR) is 69.6 cm³/mol. The molecule has 1 rings (SSSR count). The van der Waals surface area contributed by atoms with E-state index >= 15 is 0 Å². The fraction of sp³-hybridized carbons (Fsp3) is 0.714. The number of hydrogen-bond acceptors (Lipinski definition) is 3. The zero-order valence-corrected chi connectivity index (χ0v) is 12.1. The number of carbonyl (C=O) groups is 2. The maximum Gasteiger partial charge on any atom is 0.336 e. The zero-order valence-electron chi connectivity index (χ0n) is 12.1. The molecule has 1 atom stereocenters. The fourth-order valence-corrected chi connectivity index (χ4v) is 2.11. The summed E-state index contributed by atoms with van der Waals surface area (Å²) in [5, 5.41) is 2.72. The van der Waals surface area contributed by atoms with Crippen LogP contribution in [-0.2, 0) is 14.3 Å². The normalized spacial score (nSPS) is 21.1. The summed E-state index contributed by atoms with van der Waals surface area (Å²) in [5.74, 6) is -0.181. The van der Waals surface area contributed by atoms with Gasteiger partial charge in [-0.1, -0.05) is 13.8 Å². The van der Waals surface area contributed by atoms with Gasteiger partial charge < -0.3 is 10.1 Å². The van der Waals surface area contributed by atoms with Gasteiger partial charge in [0.1, 0.15) is 5.60 Å². The Morgan fingerprint density at radius 1 is 1.39 bits per heavy atom. The van der Waals surface area contributed by atoms with Gasteiger partial charge in [-0.15, -0.1) is 0 Å². The van der Waals surface area contributed by atoms with E-state index in [9.17, 15) is 9.59 Å². The molecule has 0 aromatic carbocycles. The Bertz CT molecular complexity index is 388. The van der Waals surface area contributed by atoms with Crippen LogP contribution in [0.15, 0.2) is 11.3 Å². The lowest BCUT2D eigenvalue weighted by molar-refractivity contribution is -0.151. The molecule has 0 fully saturated rings. The third kappa shape index (κ3) is 3.59. The average Bonchev–Trinajstić information content (AvgIpc) is 2.12. The van der Waals surface area contributed by atoms with Gasteiger partial charge in [-0.05, 0) is 33.6 Å². The minimum absolute atomic E-state index is 0.0292. The number of esters is 1. The molecule has 0 saturated carbocycles. The van der Waals surface area contributed by atoms with Gasteiger partial charge in [-0.2, -0.15) is 0 Å². The first-order valence-electron chi connectivity index (χ1n) is 6.36. The molecule has 0 saturated heterocycles. The standard InChI is InChI=1S/C14H23NO3/c1-8(2)10-7-11(16)15-9(3)12(10)13(17)18-14(4,5)6/h8,10H,7H2,1-6H3,(H,15,16)/t10-/m1/s1. The average molecular weight is 253 g/mol. The Kier molecular flexibility index (Phi) is 4.20. The molecule has 0 aromatic heterocycles. The van der Waals surface area contributed by atoms with E-state index in [0.717, 1.165) is 0 Å². The third-order valence-corrected chi connectivity index (χ3v) is 2.93. The first-order valence-corrected chi connectivity index (χ1v) is 6.36. The number of allylic oxidation sites excluding steroid dienone is 1. The molecule has 1 aliphatic heterocycles. The lowest BCUT2D eigenvalue weighted by Gasteiger charge is -2.30. The SMILES string of the molecule is CC1=C(C(=O)OC(C)(C)C)[C@@H](C(C)C)CC(=O)N1. The second kappa shape index (κ2) is 5.12. The minimum Gasteiger partial charge on any atom is -0.457 e. The van der Waals surface area contributed by atoms with E-state index in [1.807, 2.05) is 34.6 Å². The molecule has 1 aliphatic rings. The largest absolute Gasteiger partial charge is 0.457 e. The summed E-state index contributed by atoms with van der Waals surface area (Å²) >= 11 is 0. The lowest BCUT2D eigenvalue weighted by Crippen LogP contribution is -2.38. The van der Waals surface area contributed by atoms with Crippen molar-refractivity contribution in [1.82, 2.24) is 5.32 Å². The highest BCUT2D eigenvalue weighted by molar-refractivity contribution is 5.94. The smallest absolute Gasteiger partial charge is 0.336 e. The van der Waals surface area contributed by atoms with Gasteiger partial charge in [-0.25, -0.2) is 4.79 Å². The fourth-order valence-electron chi connectivity index (χ4n) is 2.11. The van der Waals surface area contributed by atoms with Crippen LogP contribution in [0.25, 0.3) is 0 Å². The van der Waals surface area contributed by atoms with Gasteiger partial charge in [-0.3, -0.25) is 4.79 Å². The van der Waals surface area contributed by atoms with Gasteiger partial charge in [0, 0.05) is 18.0 Å². The molecule has 0 radical (unpaired) electrons. The zero-order chi connectivity index (χ0) is 14.1. The maximum absolute atomic E-state index is 12.2. The van der Waals surface area contributed by atoms with E-state index < -0.39 is 5.60 Å². The molecular weight excluding hydrogens is 230 g/mol. The first-order chi connectivity index (χ1) is 8.11. The molecule has 1 amide bonds. The molecule has 1 heterocycles. The highest BCUT2D eigenvalue weighted by Gasteiger charge is 2.34. The van der Waals surface area contributed by atoms with Crippen LogP contribution in [0.4, 0.5) is 0 Å². The van der Waals surface area contributed by atoms with E-state index in [1.54, 1.807) is 6.92 Å². The highest BCUT2D eigenvalue weighted by Crippen LogP contribution is 2.31. The van der Waals surface area contributed by atoms with Gasteiger partial charge in [0.25, 0.3) is 0 Å². The van der Waals surface area contributed by atoms with Crippen LogP contribution in [0.3, 0.4) is 0 Å². The van der Waals surface area contributed by atoms with Gasteiger partial charge >= 0.3 is 5.97 Å².